The van der Waals surface area contributed by atoms with Crippen molar-refractivity contribution in [1.29, 1.82) is 0 Å². The van der Waals surface area contributed by atoms with Crippen LogP contribution in [-0.2, 0) is 14.4 Å². The summed E-state index contributed by atoms with van der Waals surface area (Å²) in [6, 6.07) is 0. The number of carbonyl (C=O) groups excluding carboxylic acids is 2. The Morgan fingerprint density at radius 2 is 1.53 bits per heavy atom. The predicted octanol–water partition coefficient (Wildman–Crippen LogP) is 0.274. The second-order valence-electron chi connectivity index (χ2n) is 3.70. The van der Waals surface area contributed by atoms with Gasteiger partial charge in [-0.1, -0.05) is 6.92 Å². The van der Waals surface area contributed by atoms with Crippen LogP contribution in [0.4, 0.5) is 0 Å². The summed E-state index contributed by atoms with van der Waals surface area (Å²) < 4.78 is 0. The van der Waals surface area contributed by atoms with Gasteiger partial charge in [0.05, 0.1) is 0 Å². The largest absolute Gasteiger partial charge is 0.481 e. The molecule has 0 saturated carbocycles. The fourth-order valence-electron chi connectivity index (χ4n) is 1.16. The summed E-state index contributed by atoms with van der Waals surface area (Å²) in [6.07, 6.45) is 1.63. The van der Waals surface area contributed by atoms with Crippen LogP contribution in [-0.4, -0.2) is 36.0 Å². The van der Waals surface area contributed by atoms with E-state index in [0.29, 0.717) is 19.5 Å². The maximum Gasteiger partial charge on any atom is 0.303 e. The molecule has 0 rings (SSSR count). The number of amides is 2. The van der Waals surface area contributed by atoms with Gasteiger partial charge in [-0.3, -0.25) is 14.4 Å². The van der Waals surface area contributed by atoms with E-state index in [1.165, 1.54) is 0 Å². The quantitative estimate of drug-likeness (QED) is 0.542. The Hall–Kier alpha value is -1.59. The molecule has 0 atom stereocenters. The molecule has 2 amide bonds. The fraction of sp³-hybridized carbons (Fsp3) is 0.727. The zero-order chi connectivity index (χ0) is 13.1. The molecule has 0 bridgehead atoms. The van der Waals surface area contributed by atoms with Gasteiger partial charge < -0.3 is 15.7 Å². The standard InChI is InChI=1S/C11H20N2O4/c1-2-7-12-10(15)6-8-13-9(14)4-3-5-11(16)17/h2-8H2,1H3,(H,12,15)(H,13,14)(H,16,17). The normalized spacial score (nSPS) is 9.71. The number of rotatable bonds is 9. The summed E-state index contributed by atoms with van der Waals surface area (Å²) in [5.74, 6) is -1.20. The fourth-order valence-corrected chi connectivity index (χ4v) is 1.16. The lowest BCUT2D eigenvalue weighted by molar-refractivity contribution is -0.137. The first-order valence-corrected chi connectivity index (χ1v) is 5.81. The number of hydrogen-bond donors (Lipinski definition) is 3. The first-order chi connectivity index (χ1) is 8.06. The molecule has 0 saturated heterocycles. The van der Waals surface area contributed by atoms with E-state index in [4.69, 9.17) is 5.11 Å². The molecule has 98 valence electrons. The molecule has 0 spiro atoms. The van der Waals surface area contributed by atoms with Crippen LogP contribution in [0.1, 0.15) is 39.0 Å². The zero-order valence-electron chi connectivity index (χ0n) is 10.1. The number of aliphatic carboxylic acids is 1. The average Bonchev–Trinajstić information content (AvgIpc) is 2.25. The first-order valence-electron chi connectivity index (χ1n) is 5.81. The molecule has 0 aliphatic rings. The van der Waals surface area contributed by atoms with Crippen LogP contribution in [0.5, 0.6) is 0 Å². The zero-order valence-corrected chi connectivity index (χ0v) is 10.1. The lowest BCUT2D eigenvalue weighted by atomic mass is 10.2. The maximum absolute atomic E-state index is 11.2. The highest BCUT2D eigenvalue weighted by Crippen LogP contribution is 1.94. The van der Waals surface area contributed by atoms with Crippen molar-refractivity contribution >= 4 is 17.8 Å². The molecule has 0 aliphatic heterocycles. The number of carboxylic acid groups (broad SMARTS) is 1. The predicted molar refractivity (Wildman–Crippen MR) is 62.4 cm³/mol. The van der Waals surface area contributed by atoms with E-state index >= 15 is 0 Å². The van der Waals surface area contributed by atoms with Crippen molar-refractivity contribution in [3.05, 3.63) is 0 Å². The lowest BCUT2D eigenvalue weighted by Gasteiger charge is -2.05. The number of carbonyl (C=O) groups is 3. The molecule has 3 N–H and O–H groups in total. The summed E-state index contributed by atoms with van der Waals surface area (Å²) >= 11 is 0. The monoisotopic (exact) mass is 244 g/mol. The third-order valence-corrected chi connectivity index (χ3v) is 2.04. The van der Waals surface area contributed by atoms with Crippen molar-refractivity contribution in [2.45, 2.75) is 39.0 Å². The van der Waals surface area contributed by atoms with Crippen molar-refractivity contribution < 1.29 is 19.5 Å². The molecule has 0 fully saturated rings. The van der Waals surface area contributed by atoms with Crippen LogP contribution in [0.15, 0.2) is 0 Å². The highest BCUT2D eigenvalue weighted by Gasteiger charge is 2.04. The molecule has 0 aromatic heterocycles. The van der Waals surface area contributed by atoms with Crippen molar-refractivity contribution in [1.82, 2.24) is 10.6 Å². The second-order valence-corrected chi connectivity index (χ2v) is 3.70. The van der Waals surface area contributed by atoms with Gasteiger partial charge in [0.2, 0.25) is 11.8 Å². The molecule has 0 unspecified atom stereocenters. The van der Waals surface area contributed by atoms with E-state index in [0.717, 1.165) is 6.42 Å². The Bertz CT molecular complexity index is 266. The maximum atomic E-state index is 11.2. The number of hydrogen-bond acceptors (Lipinski definition) is 3. The van der Waals surface area contributed by atoms with Gasteiger partial charge in [0.25, 0.3) is 0 Å². The van der Waals surface area contributed by atoms with Crippen LogP contribution >= 0.6 is 0 Å². The summed E-state index contributed by atoms with van der Waals surface area (Å²) in [7, 11) is 0. The van der Waals surface area contributed by atoms with Crippen LogP contribution < -0.4 is 10.6 Å². The van der Waals surface area contributed by atoms with Crippen molar-refractivity contribution in [3.63, 3.8) is 0 Å². The third kappa shape index (κ3) is 10.7. The van der Waals surface area contributed by atoms with E-state index in [9.17, 15) is 14.4 Å². The van der Waals surface area contributed by atoms with Gasteiger partial charge >= 0.3 is 5.97 Å². The van der Waals surface area contributed by atoms with Gasteiger partial charge in [0, 0.05) is 32.4 Å². The van der Waals surface area contributed by atoms with E-state index in [2.05, 4.69) is 10.6 Å². The van der Waals surface area contributed by atoms with Gasteiger partial charge in [-0.2, -0.15) is 0 Å². The van der Waals surface area contributed by atoms with Gasteiger partial charge in [0.15, 0.2) is 0 Å². The van der Waals surface area contributed by atoms with Crippen molar-refractivity contribution in [2.75, 3.05) is 13.1 Å². The molecular formula is C11H20N2O4. The third-order valence-electron chi connectivity index (χ3n) is 2.04. The highest BCUT2D eigenvalue weighted by atomic mass is 16.4. The topological polar surface area (TPSA) is 95.5 Å². The van der Waals surface area contributed by atoms with E-state index in [-0.39, 0.29) is 31.1 Å². The summed E-state index contributed by atoms with van der Waals surface area (Å²) in [5, 5.41) is 13.6. The lowest BCUT2D eigenvalue weighted by Crippen LogP contribution is -2.30. The van der Waals surface area contributed by atoms with Crippen LogP contribution in [0.2, 0.25) is 0 Å². The van der Waals surface area contributed by atoms with Gasteiger partial charge in [-0.05, 0) is 12.8 Å². The Kier molecular flexibility index (Phi) is 8.72. The average molecular weight is 244 g/mol. The number of nitrogens with one attached hydrogen (secondary N) is 2. The minimum Gasteiger partial charge on any atom is -0.481 e. The van der Waals surface area contributed by atoms with Crippen molar-refractivity contribution in [3.8, 4) is 0 Å². The minimum absolute atomic E-state index is 0.00952. The molecule has 0 heterocycles. The second kappa shape index (κ2) is 9.62. The van der Waals surface area contributed by atoms with Gasteiger partial charge in [0.1, 0.15) is 0 Å². The summed E-state index contributed by atoms with van der Waals surface area (Å²) in [4.78, 5) is 32.5. The first kappa shape index (κ1) is 15.4. The molecule has 0 aromatic rings. The molecule has 6 heteroatoms. The minimum atomic E-state index is -0.906. The van der Waals surface area contributed by atoms with Crippen molar-refractivity contribution in [2.24, 2.45) is 0 Å². The van der Waals surface area contributed by atoms with E-state index in [1.807, 2.05) is 6.92 Å². The van der Waals surface area contributed by atoms with Gasteiger partial charge in [-0.15, -0.1) is 0 Å². The molecule has 0 radical (unpaired) electrons. The molecule has 0 aliphatic carbocycles. The Labute approximate surface area is 101 Å². The Morgan fingerprint density at radius 3 is 2.12 bits per heavy atom. The van der Waals surface area contributed by atoms with E-state index < -0.39 is 5.97 Å². The van der Waals surface area contributed by atoms with Crippen LogP contribution in [0.25, 0.3) is 0 Å². The molecule has 17 heavy (non-hydrogen) atoms. The summed E-state index contributed by atoms with van der Waals surface area (Å²) in [5.41, 5.74) is 0. The SMILES string of the molecule is CCCNC(=O)CCNC(=O)CCCC(=O)O. The molecular weight excluding hydrogens is 224 g/mol. The van der Waals surface area contributed by atoms with Gasteiger partial charge in [-0.25, -0.2) is 0 Å². The van der Waals surface area contributed by atoms with Crippen LogP contribution in [0.3, 0.4) is 0 Å². The smallest absolute Gasteiger partial charge is 0.303 e. The molecule has 6 nitrogen and oxygen atoms in total. The highest BCUT2D eigenvalue weighted by molar-refractivity contribution is 5.79. The molecule has 0 aromatic carbocycles. The Morgan fingerprint density at radius 1 is 0.941 bits per heavy atom. The summed E-state index contributed by atoms with van der Waals surface area (Å²) in [6.45, 7) is 2.90. The van der Waals surface area contributed by atoms with Crippen LogP contribution in [0, 0.1) is 0 Å². The number of carboxylic acids is 1. The Balaban J connectivity index is 3.44. The van der Waals surface area contributed by atoms with E-state index in [1.54, 1.807) is 0 Å².